The van der Waals surface area contributed by atoms with Gasteiger partial charge in [0, 0.05) is 43.3 Å². The fraction of sp³-hybridized carbons (Fsp3) is 0.667. The SMILES string of the molecule is CCN(CC)CCCN(CC)c1ccncc1CN. The number of rotatable bonds is 9. The van der Waals surface area contributed by atoms with Crippen LogP contribution in [0.25, 0.3) is 0 Å². The highest BCUT2D eigenvalue weighted by Gasteiger charge is 2.09. The maximum Gasteiger partial charge on any atom is 0.0442 e. The van der Waals surface area contributed by atoms with Crippen LogP contribution in [0.2, 0.25) is 0 Å². The summed E-state index contributed by atoms with van der Waals surface area (Å²) in [5.74, 6) is 0. The van der Waals surface area contributed by atoms with Crippen LogP contribution in [0.3, 0.4) is 0 Å². The average Bonchev–Trinajstić information content (AvgIpc) is 2.48. The minimum atomic E-state index is 0.551. The Balaban J connectivity index is 2.58. The van der Waals surface area contributed by atoms with Crippen LogP contribution in [0, 0.1) is 0 Å². The Hall–Kier alpha value is -1.13. The molecular weight excluding hydrogens is 236 g/mol. The number of nitrogens with zero attached hydrogens (tertiary/aromatic N) is 3. The van der Waals surface area contributed by atoms with Crippen LogP contribution >= 0.6 is 0 Å². The summed E-state index contributed by atoms with van der Waals surface area (Å²) in [7, 11) is 0. The molecule has 0 spiro atoms. The van der Waals surface area contributed by atoms with Crippen molar-refractivity contribution in [3.8, 4) is 0 Å². The van der Waals surface area contributed by atoms with Gasteiger partial charge in [-0.15, -0.1) is 0 Å². The van der Waals surface area contributed by atoms with Crippen LogP contribution in [0.15, 0.2) is 18.5 Å². The highest BCUT2D eigenvalue weighted by atomic mass is 15.1. The largest absolute Gasteiger partial charge is 0.371 e. The van der Waals surface area contributed by atoms with Crippen molar-refractivity contribution in [3.05, 3.63) is 24.0 Å². The Kier molecular flexibility index (Phi) is 7.45. The first-order valence-corrected chi connectivity index (χ1v) is 7.36. The Morgan fingerprint density at radius 1 is 1.11 bits per heavy atom. The number of anilines is 1. The lowest BCUT2D eigenvalue weighted by atomic mass is 10.2. The molecule has 0 fully saturated rings. The molecule has 0 aromatic carbocycles. The normalized spacial score (nSPS) is 11.0. The van der Waals surface area contributed by atoms with Gasteiger partial charge in [-0.1, -0.05) is 13.8 Å². The molecule has 2 N–H and O–H groups in total. The molecule has 1 heterocycles. The molecule has 0 aliphatic rings. The molecule has 0 amide bonds. The van der Waals surface area contributed by atoms with E-state index in [0.717, 1.165) is 38.3 Å². The van der Waals surface area contributed by atoms with E-state index in [1.807, 2.05) is 12.4 Å². The molecule has 0 saturated heterocycles. The summed E-state index contributed by atoms with van der Waals surface area (Å²) in [6, 6.07) is 2.07. The highest BCUT2D eigenvalue weighted by Crippen LogP contribution is 2.18. The van der Waals surface area contributed by atoms with Gasteiger partial charge in [0.05, 0.1) is 0 Å². The third-order valence-electron chi connectivity index (χ3n) is 3.62. The van der Waals surface area contributed by atoms with Gasteiger partial charge >= 0.3 is 0 Å². The quantitative estimate of drug-likeness (QED) is 0.742. The van der Waals surface area contributed by atoms with Crippen molar-refractivity contribution in [2.75, 3.05) is 37.6 Å². The minimum absolute atomic E-state index is 0.551. The minimum Gasteiger partial charge on any atom is -0.371 e. The van der Waals surface area contributed by atoms with Crippen molar-refractivity contribution in [1.82, 2.24) is 9.88 Å². The summed E-state index contributed by atoms with van der Waals surface area (Å²) < 4.78 is 0. The van der Waals surface area contributed by atoms with Gasteiger partial charge in [-0.25, -0.2) is 0 Å². The molecule has 0 bridgehead atoms. The van der Waals surface area contributed by atoms with E-state index < -0.39 is 0 Å². The van der Waals surface area contributed by atoms with Gasteiger partial charge in [-0.05, 0) is 39.0 Å². The number of pyridine rings is 1. The van der Waals surface area contributed by atoms with E-state index in [1.165, 1.54) is 12.1 Å². The number of nitrogens with two attached hydrogens (primary N) is 1. The van der Waals surface area contributed by atoms with Crippen LogP contribution < -0.4 is 10.6 Å². The molecule has 0 aliphatic heterocycles. The molecule has 0 atom stereocenters. The molecule has 0 radical (unpaired) electrons. The Morgan fingerprint density at radius 3 is 2.42 bits per heavy atom. The second kappa shape index (κ2) is 8.88. The molecule has 0 unspecified atom stereocenters. The molecule has 0 aliphatic carbocycles. The third kappa shape index (κ3) is 4.80. The molecule has 1 aromatic rings. The Morgan fingerprint density at radius 2 is 1.84 bits per heavy atom. The maximum absolute atomic E-state index is 5.79. The first-order chi connectivity index (χ1) is 9.26. The summed E-state index contributed by atoms with van der Waals surface area (Å²) >= 11 is 0. The van der Waals surface area contributed by atoms with Gasteiger partial charge in [-0.3, -0.25) is 4.98 Å². The topological polar surface area (TPSA) is 45.4 Å². The van der Waals surface area contributed by atoms with Crippen LogP contribution in [-0.2, 0) is 6.54 Å². The third-order valence-corrected chi connectivity index (χ3v) is 3.62. The van der Waals surface area contributed by atoms with Crippen LogP contribution in [0.5, 0.6) is 0 Å². The van der Waals surface area contributed by atoms with Gasteiger partial charge < -0.3 is 15.5 Å². The summed E-state index contributed by atoms with van der Waals surface area (Å²) in [6.45, 7) is 12.7. The van der Waals surface area contributed by atoms with Gasteiger partial charge in [0.15, 0.2) is 0 Å². The molecular formula is C15H28N4. The standard InChI is InChI=1S/C15H28N4/c1-4-18(5-2)10-7-11-19(6-3)15-8-9-17-13-14(15)12-16/h8-9,13H,4-7,10-12,16H2,1-3H3. The van der Waals surface area contributed by atoms with Crippen molar-refractivity contribution in [1.29, 1.82) is 0 Å². The zero-order valence-corrected chi connectivity index (χ0v) is 12.6. The van der Waals surface area contributed by atoms with Gasteiger partial charge in [-0.2, -0.15) is 0 Å². The van der Waals surface area contributed by atoms with Crippen LogP contribution in [-0.4, -0.2) is 42.6 Å². The smallest absolute Gasteiger partial charge is 0.0442 e. The van der Waals surface area contributed by atoms with Crippen molar-refractivity contribution in [2.45, 2.75) is 33.7 Å². The summed E-state index contributed by atoms with van der Waals surface area (Å²) in [5, 5.41) is 0. The number of hydrogen-bond donors (Lipinski definition) is 1. The first-order valence-electron chi connectivity index (χ1n) is 7.36. The number of hydrogen-bond acceptors (Lipinski definition) is 4. The van der Waals surface area contributed by atoms with E-state index in [0.29, 0.717) is 6.54 Å². The second-order valence-electron chi connectivity index (χ2n) is 4.67. The van der Waals surface area contributed by atoms with E-state index in [-0.39, 0.29) is 0 Å². The molecule has 108 valence electrons. The summed E-state index contributed by atoms with van der Waals surface area (Å²) in [5.41, 5.74) is 8.16. The van der Waals surface area contributed by atoms with Crippen LogP contribution in [0.4, 0.5) is 5.69 Å². The predicted molar refractivity (Wildman–Crippen MR) is 82.4 cm³/mol. The van der Waals surface area contributed by atoms with Crippen molar-refractivity contribution in [2.24, 2.45) is 5.73 Å². The predicted octanol–water partition coefficient (Wildman–Crippen LogP) is 2.10. The monoisotopic (exact) mass is 264 g/mol. The van der Waals surface area contributed by atoms with Gasteiger partial charge in [0.2, 0.25) is 0 Å². The molecule has 0 saturated carbocycles. The summed E-state index contributed by atoms with van der Waals surface area (Å²) in [4.78, 5) is 9.01. The molecule has 4 nitrogen and oxygen atoms in total. The first kappa shape index (κ1) is 15.9. The number of aromatic nitrogens is 1. The Labute approximate surface area is 117 Å². The zero-order chi connectivity index (χ0) is 14.1. The zero-order valence-electron chi connectivity index (χ0n) is 12.6. The van der Waals surface area contributed by atoms with E-state index in [9.17, 15) is 0 Å². The molecule has 19 heavy (non-hydrogen) atoms. The Bertz CT molecular complexity index is 350. The summed E-state index contributed by atoms with van der Waals surface area (Å²) in [6.07, 6.45) is 4.91. The maximum atomic E-state index is 5.79. The molecule has 1 rings (SSSR count). The van der Waals surface area contributed by atoms with Crippen molar-refractivity contribution in [3.63, 3.8) is 0 Å². The van der Waals surface area contributed by atoms with Crippen molar-refractivity contribution < 1.29 is 0 Å². The molecule has 4 heteroatoms. The highest BCUT2D eigenvalue weighted by molar-refractivity contribution is 5.52. The van der Waals surface area contributed by atoms with Crippen LogP contribution in [0.1, 0.15) is 32.8 Å². The van der Waals surface area contributed by atoms with E-state index in [1.54, 1.807) is 0 Å². The molecule has 1 aromatic heterocycles. The lowest BCUT2D eigenvalue weighted by Gasteiger charge is -2.26. The van der Waals surface area contributed by atoms with E-state index in [4.69, 9.17) is 5.73 Å². The second-order valence-corrected chi connectivity index (χ2v) is 4.67. The van der Waals surface area contributed by atoms with Gasteiger partial charge in [0.1, 0.15) is 0 Å². The lowest BCUT2D eigenvalue weighted by molar-refractivity contribution is 0.300. The fourth-order valence-corrected chi connectivity index (χ4v) is 2.36. The van der Waals surface area contributed by atoms with Gasteiger partial charge in [0.25, 0.3) is 0 Å². The fourth-order valence-electron chi connectivity index (χ4n) is 2.36. The van der Waals surface area contributed by atoms with Crippen molar-refractivity contribution >= 4 is 5.69 Å². The lowest BCUT2D eigenvalue weighted by Crippen LogP contribution is -2.30. The average molecular weight is 264 g/mol. The van der Waals surface area contributed by atoms with E-state index in [2.05, 4.69) is 41.6 Å². The van der Waals surface area contributed by atoms with E-state index >= 15 is 0 Å².